The molecule has 0 aromatic carbocycles. The minimum Gasteiger partial charge on any atom is -0.310 e. The summed E-state index contributed by atoms with van der Waals surface area (Å²) in [7, 11) is -0.877. The van der Waals surface area contributed by atoms with Gasteiger partial charge in [0, 0.05) is 18.3 Å². The molecule has 11 heavy (non-hydrogen) atoms. The summed E-state index contributed by atoms with van der Waals surface area (Å²) >= 11 is 0. The van der Waals surface area contributed by atoms with Gasteiger partial charge in [-0.2, -0.15) is 0 Å². The highest BCUT2D eigenvalue weighted by molar-refractivity contribution is 7.82. The van der Waals surface area contributed by atoms with Gasteiger partial charge in [-0.3, -0.25) is 0 Å². The zero-order valence-electron chi connectivity index (χ0n) is 7.14. The summed E-state index contributed by atoms with van der Waals surface area (Å²) in [6.45, 7) is 4.06. The summed E-state index contributed by atoms with van der Waals surface area (Å²) in [5, 5.41) is 3.39. The quantitative estimate of drug-likeness (QED) is 0.636. The lowest BCUT2D eigenvalue weighted by Gasteiger charge is -2.23. The molecule has 66 valence electrons. The minimum absolute atomic E-state index is 0.172. The Labute approximate surface area is 70.5 Å². The molecule has 3 nitrogen and oxygen atoms in total. The standard InChI is InChI=1S/C7H16N2OS/c1-7(4-3-5-8-7)6-9-11(2)10/h8-9H,3-6H2,1-2H3. The van der Waals surface area contributed by atoms with Crippen LogP contribution in [-0.4, -0.2) is 29.1 Å². The third-order valence-corrected chi connectivity index (χ3v) is 2.67. The molecule has 4 heteroatoms. The molecule has 1 aliphatic rings. The summed E-state index contributed by atoms with van der Waals surface area (Å²) in [6, 6.07) is 0. The van der Waals surface area contributed by atoms with Gasteiger partial charge in [0.1, 0.15) is 0 Å². The highest BCUT2D eigenvalue weighted by Gasteiger charge is 2.27. The van der Waals surface area contributed by atoms with Crippen molar-refractivity contribution in [2.45, 2.75) is 25.3 Å². The molecule has 1 fully saturated rings. The van der Waals surface area contributed by atoms with E-state index in [0.717, 1.165) is 13.1 Å². The fraction of sp³-hybridized carbons (Fsp3) is 1.00. The maximum atomic E-state index is 10.7. The highest BCUT2D eigenvalue weighted by Crippen LogP contribution is 2.16. The number of hydrogen-bond donors (Lipinski definition) is 2. The lowest BCUT2D eigenvalue weighted by Crippen LogP contribution is -2.45. The summed E-state index contributed by atoms with van der Waals surface area (Å²) in [4.78, 5) is 0. The Morgan fingerprint density at radius 3 is 2.91 bits per heavy atom. The third kappa shape index (κ3) is 2.89. The van der Waals surface area contributed by atoms with Crippen LogP contribution in [0.2, 0.25) is 0 Å². The normalized spacial score (nSPS) is 34.0. The molecule has 1 heterocycles. The van der Waals surface area contributed by atoms with Crippen LogP contribution in [0.3, 0.4) is 0 Å². The van der Waals surface area contributed by atoms with Crippen molar-refractivity contribution in [1.29, 1.82) is 0 Å². The van der Waals surface area contributed by atoms with Crippen LogP contribution in [0.15, 0.2) is 0 Å². The van der Waals surface area contributed by atoms with Crippen LogP contribution in [-0.2, 0) is 11.0 Å². The SMILES string of the molecule is CS(=O)NCC1(C)CCCN1. The van der Waals surface area contributed by atoms with Gasteiger partial charge in [-0.25, -0.2) is 8.93 Å². The van der Waals surface area contributed by atoms with Gasteiger partial charge in [0.25, 0.3) is 0 Å². The first-order chi connectivity index (χ1) is 5.12. The van der Waals surface area contributed by atoms with Crippen molar-refractivity contribution in [2.24, 2.45) is 0 Å². The van der Waals surface area contributed by atoms with Gasteiger partial charge in [-0.1, -0.05) is 0 Å². The highest BCUT2D eigenvalue weighted by atomic mass is 32.2. The molecule has 0 saturated carbocycles. The molecular formula is C7H16N2OS. The first-order valence-corrected chi connectivity index (χ1v) is 5.50. The third-order valence-electron chi connectivity index (χ3n) is 2.12. The fourth-order valence-electron chi connectivity index (χ4n) is 1.37. The molecule has 0 aromatic heterocycles. The van der Waals surface area contributed by atoms with Crippen molar-refractivity contribution in [2.75, 3.05) is 19.3 Å². The van der Waals surface area contributed by atoms with E-state index in [1.54, 1.807) is 6.26 Å². The predicted molar refractivity (Wildman–Crippen MR) is 47.7 cm³/mol. The van der Waals surface area contributed by atoms with Crippen molar-refractivity contribution >= 4 is 11.0 Å². The summed E-state index contributed by atoms with van der Waals surface area (Å²) in [6.07, 6.45) is 4.07. The van der Waals surface area contributed by atoms with Gasteiger partial charge in [0.15, 0.2) is 0 Å². The molecule has 0 spiro atoms. The molecule has 2 unspecified atom stereocenters. The molecule has 0 radical (unpaired) electrons. The van der Waals surface area contributed by atoms with Crippen molar-refractivity contribution in [1.82, 2.24) is 10.0 Å². The Balaban J connectivity index is 2.28. The molecule has 1 aliphatic heterocycles. The van der Waals surface area contributed by atoms with E-state index < -0.39 is 11.0 Å². The second kappa shape index (κ2) is 3.65. The van der Waals surface area contributed by atoms with Gasteiger partial charge >= 0.3 is 0 Å². The largest absolute Gasteiger partial charge is 0.310 e. The molecule has 1 rings (SSSR count). The average molecular weight is 176 g/mol. The van der Waals surface area contributed by atoms with E-state index in [1.165, 1.54) is 12.8 Å². The molecule has 2 atom stereocenters. The molecular weight excluding hydrogens is 160 g/mol. The Kier molecular flexibility index (Phi) is 3.04. The zero-order chi connectivity index (χ0) is 8.32. The number of rotatable bonds is 3. The van der Waals surface area contributed by atoms with E-state index >= 15 is 0 Å². The van der Waals surface area contributed by atoms with Crippen LogP contribution in [0.25, 0.3) is 0 Å². The summed E-state index contributed by atoms with van der Waals surface area (Å²) in [5.41, 5.74) is 0.172. The van der Waals surface area contributed by atoms with E-state index in [-0.39, 0.29) is 5.54 Å². The van der Waals surface area contributed by atoms with Crippen LogP contribution in [0, 0.1) is 0 Å². The molecule has 0 aliphatic carbocycles. The number of hydrogen-bond acceptors (Lipinski definition) is 2. The van der Waals surface area contributed by atoms with Gasteiger partial charge in [0.2, 0.25) is 0 Å². The fourth-order valence-corrected chi connectivity index (χ4v) is 1.89. The van der Waals surface area contributed by atoms with Crippen molar-refractivity contribution < 1.29 is 4.21 Å². The first-order valence-electron chi connectivity index (χ1n) is 3.94. The van der Waals surface area contributed by atoms with Crippen molar-refractivity contribution in [3.05, 3.63) is 0 Å². The summed E-state index contributed by atoms with van der Waals surface area (Å²) in [5.74, 6) is 0. The van der Waals surface area contributed by atoms with Gasteiger partial charge in [-0.15, -0.1) is 0 Å². The Bertz CT molecular complexity index is 155. The molecule has 1 saturated heterocycles. The Morgan fingerprint density at radius 2 is 2.45 bits per heavy atom. The van der Waals surface area contributed by atoms with E-state index in [1.807, 2.05) is 0 Å². The monoisotopic (exact) mass is 176 g/mol. The number of nitrogens with one attached hydrogen (secondary N) is 2. The topological polar surface area (TPSA) is 41.1 Å². The maximum absolute atomic E-state index is 10.7. The van der Waals surface area contributed by atoms with E-state index in [4.69, 9.17) is 0 Å². The van der Waals surface area contributed by atoms with Crippen LogP contribution in [0.1, 0.15) is 19.8 Å². The zero-order valence-corrected chi connectivity index (χ0v) is 7.96. The molecule has 0 bridgehead atoms. The summed E-state index contributed by atoms with van der Waals surface area (Å²) < 4.78 is 13.7. The predicted octanol–water partition coefficient (Wildman–Crippen LogP) is 0.0116. The van der Waals surface area contributed by atoms with E-state index in [0.29, 0.717) is 0 Å². The molecule has 2 N–H and O–H groups in total. The second-order valence-electron chi connectivity index (χ2n) is 3.37. The lowest BCUT2D eigenvalue weighted by molar-refractivity contribution is 0.414. The molecule has 0 aromatic rings. The Hall–Kier alpha value is 0.0700. The van der Waals surface area contributed by atoms with Crippen LogP contribution in [0.5, 0.6) is 0 Å². The average Bonchev–Trinajstić information content (AvgIpc) is 2.33. The first kappa shape index (κ1) is 9.16. The van der Waals surface area contributed by atoms with Crippen molar-refractivity contribution in [3.8, 4) is 0 Å². The minimum atomic E-state index is -0.877. The van der Waals surface area contributed by atoms with Crippen molar-refractivity contribution in [3.63, 3.8) is 0 Å². The Morgan fingerprint density at radius 1 is 1.73 bits per heavy atom. The van der Waals surface area contributed by atoms with E-state index in [2.05, 4.69) is 17.0 Å². The van der Waals surface area contributed by atoms with E-state index in [9.17, 15) is 4.21 Å². The van der Waals surface area contributed by atoms with Gasteiger partial charge in [0.05, 0.1) is 11.0 Å². The maximum Gasteiger partial charge on any atom is 0.0884 e. The van der Waals surface area contributed by atoms with Gasteiger partial charge in [-0.05, 0) is 26.3 Å². The molecule has 0 amide bonds. The van der Waals surface area contributed by atoms with Crippen LogP contribution >= 0.6 is 0 Å². The van der Waals surface area contributed by atoms with Crippen LogP contribution in [0.4, 0.5) is 0 Å². The lowest BCUT2D eigenvalue weighted by atomic mass is 10.0. The van der Waals surface area contributed by atoms with Gasteiger partial charge < -0.3 is 5.32 Å². The second-order valence-corrected chi connectivity index (χ2v) is 4.56. The van der Waals surface area contributed by atoms with Crippen LogP contribution < -0.4 is 10.0 Å². The smallest absolute Gasteiger partial charge is 0.0884 e.